The lowest BCUT2D eigenvalue weighted by Crippen LogP contribution is -2.47. The average Bonchev–Trinajstić information content (AvgIpc) is 2.51. The molecule has 0 aliphatic rings. The maximum atomic E-state index is 12.1. The van der Waals surface area contributed by atoms with Gasteiger partial charge in [-0.2, -0.15) is 0 Å². The summed E-state index contributed by atoms with van der Waals surface area (Å²) in [5, 5.41) is 2.79. The van der Waals surface area contributed by atoms with Crippen molar-refractivity contribution in [3.63, 3.8) is 0 Å². The van der Waals surface area contributed by atoms with Crippen molar-refractivity contribution in [1.82, 2.24) is 10.2 Å². The molecule has 1 rings (SSSR count). The summed E-state index contributed by atoms with van der Waals surface area (Å²) in [7, 11) is 1.53. The topological polar surface area (TPSA) is 84.9 Å². The second kappa shape index (κ2) is 9.05. The van der Waals surface area contributed by atoms with Gasteiger partial charge in [0.25, 0.3) is 5.91 Å². The molecule has 0 aliphatic heterocycles. The number of benzene rings is 1. The molecule has 0 aromatic heterocycles. The Labute approximate surface area is 148 Å². The normalized spacial score (nSPS) is 10.8. The summed E-state index contributed by atoms with van der Waals surface area (Å²) in [6, 6.07) is 4.71. The fraction of sp³-hybridized carbons (Fsp3) is 0.500. The van der Waals surface area contributed by atoms with E-state index in [0.717, 1.165) is 0 Å². The molecule has 0 spiro atoms. The number of hydrogen-bond donors (Lipinski definition) is 1. The largest absolute Gasteiger partial charge is 0.490 e. The predicted molar refractivity (Wildman–Crippen MR) is 94.0 cm³/mol. The lowest BCUT2D eigenvalue weighted by atomic mass is 10.1. The minimum absolute atomic E-state index is 0.0537. The van der Waals surface area contributed by atoms with Crippen LogP contribution in [0.5, 0.6) is 11.5 Å². The van der Waals surface area contributed by atoms with Gasteiger partial charge >= 0.3 is 0 Å². The van der Waals surface area contributed by atoms with Gasteiger partial charge < -0.3 is 19.7 Å². The van der Waals surface area contributed by atoms with Crippen molar-refractivity contribution < 1.29 is 23.9 Å². The number of nitrogens with one attached hydrogen (secondary N) is 1. The zero-order chi connectivity index (χ0) is 19.0. The van der Waals surface area contributed by atoms with Gasteiger partial charge in [-0.3, -0.25) is 14.4 Å². The highest BCUT2D eigenvalue weighted by molar-refractivity contribution is 5.85. The fourth-order valence-electron chi connectivity index (χ4n) is 2.00. The highest BCUT2D eigenvalue weighted by Gasteiger charge is 2.18. The summed E-state index contributed by atoms with van der Waals surface area (Å²) >= 11 is 0. The van der Waals surface area contributed by atoms with E-state index in [9.17, 15) is 14.4 Å². The van der Waals surface area contributed by atoms with Crippen LogP contribution in [0.1, 0.15) is 38.1 Å². The van der Waals surface area contributed by atoms with Gasteiger partial charge in [-0.1, -0.05) is 0 Å². The Balaban J connectivity index is 2.63. The van der Waals surface area contributed by atoms with Crippen LogP contribution in [0, 0.1) is 0 Å². The molecule has 0 saturated carbocycles. The van der Waals surface area contributed by atoms with E-state index < -0.39 is 0 Å². The molecule has 138 valence electrons. The molecule has 0 radical (unpaired) electrons. The van der Waals surface area contributed by atoms with Gasteiger partial charge in [-0.05, 0) is 45.9 Å². The van der Waals surface area contributed by atoms with Crippen LogP contribution in [0.2, 0.25) is 0 Å². The standard InChI is InChI=1S/C18H26N2O5/c1-6-24-15-9-13(11-21)7-8-14(15)25-12-17(23)20(5)10-16(22)19-18(2,3)4/h7-9,11H,6,10,12H2,1-5H3,(H,19,22). The SMILES string of the molecule is CCOc1cc(C=O)ccc1OCC(=O)N(C)CC(=O)NC(C)(C)C. The molecule has 0 atom stereocenters. The average molecular weight is 350 g/mol. The van der Waals surface area contributed by atoms with Crippen molar-refractivity contribution >= 4 is 18.1 Å². The van der Waals surface area contributed by atoms with Gasteiger partial charge in [0.2, 0.25) is 5.91 Å². The second-order valence-corrected chi connectivity index (χ2v) is 6.59. The van der Waals surface area contributed by atoms with E-state index in [2.05, 4.69) is 5.32 Å². The second-order valence-electron chi connectivity index (χ2n) is 6.59. The third-order valence-electron chi connectivity index (χ3n) is 3.08. The number of amides is 2. The van der Waals surface area contributed by atoms with Gasteiger partial charge in [-0.15, -0.1) is 0 Å². The Morgan fingerprint density at radius 2 is 1.88 bits per heavy atom. The summed E-state index contributed by atoms with van der Waals surface area (Å²) in [6.07, 6.45) is 0.707. The van der Waals surface area contributed by atoms with Gasteiger partial charge in [0, 0.05) is 18.2 Å². The van der Waals surface area contributed by atoms with Gasteiger partial charge in [0.15, 0.2) is 18.1 Å². The number of nitrogens with zero attached hydrogens (tertiary/aromatic N) is 1. The molecule has 0 fully saturated rings. The number of ether oxygens (including phenoxy) is 2. The minimum Gasteiger partial charge on any atom is -0.490 e. The van der Waals surface area contributed by atoms with Crippen LogP contribution in [0.3, 0.4) is 0 Å². The third kappa shape index (κ3) is 7.24. The molecule has 0 bridgehead atoms. The zero-order valence-corrected chi connectivity index (χ0v) is 15.4. The van der Waals surface area contributed by atoms with Crippen molar-refractivity contribution in [3.05, 3.63) is 23.8 Å². The molecule has 0 unspecified atom stereocenters. The molecule has 1 aromatic rings. The first-order chi connectivity index (χ1) is 11.7. The molecule has 25 heavy (non-hydrogen) atoms. The van der Waals surface area contributed by atoms with Crippen LogP contribution in [0.15, 0.2) is 18.2 Å². The monoisotopic (exact) mass is 350 g/mol. The van der Waals surface area contributed by atoms with E-state index in [4.69, 9.17) is 9.47 Å². The van der Waals surface area contributed by atoms with Gasteiger partial charge in [0.05, 0.1) is 13.2 Å². The Bertz CT molecular complexity index is 622. The molecule has 0 saturated heterocycles. The highest BCUT2D eigenvalue weighted by atomic mass is 16.5. The van der Waals surface area contributed by atoms with Crippen molar-refractivity contribution in [2.75, 3.05) is 26.8 Å². The van der Waals surface area contributed by atoms with Crippen LogP contribution in [0.25, 0.3) is 0 Å². The zero-order valence-electron chi connectivity index (χ0n) is 15.4. The number of hydrogen-bond acceptors (Lipinski definition) is 5. The van der Waals surface area contributed by atoms with Crippen LogP contribution in [0.4, 0.5) is 0 Å². The third-order valence-corrected chi connectivity index (χ3v) is 3.08. The molecule has 7 nitrogen and oxygen atoms in total. The molecular formula is C18H26N2O5. The van der Waals surface area contributed by atoms with Gasteiger partial charge in [-0.25, -0.2) is 0 Å². The predicted octanol–water partition coefficient (Wildman–Crippen LogP) is 1.65. The Hall–Kier alpha value is -2.57. The number of carbonyl (C=O) groups excluding carboxylic acids is 3. The molecule has 0 heterocycles. The molecule has 2 amide bonds. The van der Waals surface area contributed by atoms with Crippen LogP contribution in [-0.4, -0.2) is 55.3 Å². The Kier molecular flexibility index (Phi) is 7.42. The summed E-state index contributed by atoms with van der Waals surface area (Å²) in [4.78, 5) is 36.1. The number of rotatable bonds is 8. The van der Waals surface area contributed by atoms with Crippen LogP contribution >= 0.6 is 0 Å². The fourth-order valence-corrected chi connectivity index (χ4v) is 2.00. The van der Waals surface area contributed by atoms with E-state index in [1.807, 2.05) is 27.7 Å². The number of likely N-dealkylation sites (N-methyl/N-ethyl adjacent to an activating group) is 1. The van der Waals surface area contributed by atoms with Crippen LogP contribution < -0.4 is 14.8 Å². The first-order valence-corrected chi connectivity index (χ1v) is 8.06. The number of carbonyl (C=O) groups is 3. The molecule has 1 N–H and O–H groups in total. The van der Waals surface area contributed by atoms with Crippen molar-refractivity contribution in [1.29, 1.82) is 0 Å². The summed E-state index contributed by atoms with van der Waals surface area (Å²) in [5.74, 6) is 0.182. The lowest BCUT2D eigenvalue weighted by Gasteiger charge is -2.23. The van der Waals surface area contributed by atoms with E-state index in [0.29, 0.717) is 30.0 Å². The maximum absolute atomic E-state index is 12.1. The van der Waals surface area contributed by atoms with Gasteiger partial charge in [0.1, 0.15) is 6.29 Å². The van der Waals surface area contributed by atoms with E-state index in [-0.39, 0.29) is 30.5 Å². The molecule has 1 aromatic carbocycles. The molecule has 7 heteroatoms. The minimum atomic E-state index is -0.357. The van der Waals surface area contributed by atoms with Crippen LogP contribution in [-0.2, 0) is 9.59 Å². The first kappa shape index (κ1) is 20.5. The number of aldehydes is 1. The Morgan fingerprint density at radius 1 is 1.20 bits per heavy atom. The van der Waals surface area contributed by atoms with Crippen molar-refractivity contribution in [2.45, 2.75) is 33.2 Å². The molecule has 0 aliphatic carbocycles. The summed E-state index contributed by atoms with van der Waals surface area (Å²) in [5.41, 5.74) is 0.0996. The smallest absolute Gasteiger partial charge is 0.260 e. The molecular weight excluding hydrogens is 324 g/mol. The van der Waals surface area contributed by atoms with E-state index in [1.165, 1.54) is 11.9 Å². The summed E-state index contributed by atoms with van der Waals surface area (Å²) < 4.78 is 10.9. The van der Waals surface area contributed by atoms with Crippen molar-refractivity contribution in [3.8, 4) is 11.5 Å². The Morgan fingerprint density at radius 3 is 2.44 bits per heavy atom. The lowest BCUT2D eigenvalue weighted by molar-refractivity contribution is -0.136. The quantitative estimate of drug-likeness (QED) is 0.721. The van der Waals surface area contributed by atoms with E-state index >= 15 is 0 Å². The first-order valence-electron chi connectivity index (χ1n) is 8.06. The summed E-state index contributed by atoms with van der Waals surface area (Å²) in [6.45, 7) is 7.53. The maximum Gasteiger partial charge on any atom is 0.260 e. The van der Waals surface area contributed by atoms with Crippen molar-refractivity contribution in [2.24, 2.45) is 0 Å². The van der Waals surface area contributed by atoms with E-state index in [1.54, 1.807) is 18.2 Å². The highest BCUT2D eigenvalue weighted by Crippen LogP contribution is 2.28.